The zero-order chi connectivity index (χ0) is 18.8. The van der Waals surface area contributed by atoms with Gasteiger partial charge in [-0.05, 0) is 34.9 Å². The predicted octanol–water partition coefficient (Wildman–Crippen LogP) is 3.48. The Kier molecular flexibility index (Phi) is 4.30. The molecule has 6 heteroatoms. The zero-order valence-corrected chi connectivity index (χ0v) is 14.3. The maximum atomic E-state index is 11.7. The van der Waals surface area contributed by atoms with Gasteiger partial charge >= 0.3 is 5.97 Å². The highest BCUT2D eigenvalue weighted by Gasteiger charge is 2.20. The van der Waals surface area contributed by atoms with Crippen LogP contribution in [-0.4, -0.2) is 22.0 Å². The number of anilines is 2. The van der Waals surface area contributed by atoms with Crippen LogP contribution in [0.4, 0.5) is 11.4 Å². The summed E-state index contributed by atoms with van der Waals surface area (Å²) in [6.07, 6.45) is 3.68. The van der Waals surface area contributed by atoms with Crippen molar-refractivity contribution in [3.05, 3.63) is 78.1 Å². The molecule has 0 saturated heterocycles. The molecule has 2 heterocycles. The average molecular weight is 359 g/mol. The number of aliphatic carboxylic acids is 1. The van der Waals surface area contributed by atoms with Crippen molar-refractivity contribution in [2.75, 3.05) is 10.6 Å². The van der Waals surface area contributed by atoms with Crippen molar-refractivity contribution in [2.24, 2.45) is 0 Å². The van der Waals surface area contributed by atoms with Crippen LogP contribution in [0.1, 0.15) is 17.2 Å². The molecule has 0 unspecified atom stereocenters. The van der Waals surface area contributed by atoms with Gasteiger partial charge in [0.1, 0.15) is 0 Å². The number of amides is 1. The fraction of sp³-hybridized carbons (Fsp3) is 0.0952. The Bertz CT molecular complexity index is 1020. The summed E-state index contributed by atoms with van der Waals surface area (Å²) in [5.41, 5.74) is 4.83. The number of carbonyl (C=O) groups excluding carboxylic acids is 1. The van der Waals surface area contributed by atoms with Crippen molar-refractivity contribution in [2.45, 2.75) is 12.5 Å². The molecule has 27 heavy (non-hydrogen) atoms. The number of benzene rings is 2. The second-order valence-electron chi connectivity index (χ2n) is 6.39. The molecule has 0 fully saturated rings. The summed E-state index contributed by atoms with van der Waals surface area (Å²) in [5.74, 6) is -0.975. The van der Waals surface area contributed by atoms with E-state index in [1.165, 1.54) is 0 Å². The van der Waals surface area contributed by atoms with Gasteiger partial charge in [0.25, 0.3) is 0 Å². The number of carboxylic acid groups (broad SMARTS) is 1. The molecule has 1 aliphatic rings. The number of pyridine rings is 1. The number of rotatable bonds is 5. The number of carbonyl (C=O) groups is 2. The minimum atomic E-state index is -0.964. The van der Waals surface area contributed by atoms with Crippen LogP contribution in [0, 0.1) is 0 Å². The first-order chi connectivity index (χ1) is 13.1. The van der Waals surface area contributed by atoms with E-state index in [2.05, 4.69) is 15.6 Å². The van der Waals surface area contributed by atoms with Crippen molar-refractivity contribution < 1.29 is 14.7 Å². The van der Waals surface area contributed by atoms with Gasteiger partial charge < -0.3 is 15.7 Å². The van der Waals surface area contributed by atoms with Gasteiger partial charge in [0.15, 0.2) is 6.04 Å². The lowest BCUT2D eigenvalue weighted by Crippen LogP contribution is -2.20. The molecule has 0 radical (unpaired) electrons. The molecule has 3 N–H and O–H groups in total. The van der Waals surface area contributed by atoms with E-state index in [1.807, 2.05) is 42.5 Å². The molecular weight excluding hydrogens is 342 g/mol. The van der Waals surface area contributed by atoms with Gasteiger partial charge in [-0.2, -0.15) is 0 Å². The van der Waals surface area contributed by atoms with E-state index in [0.717, 1.165) is 22.4 Å². The van der Waals surface area contributed by atoms with Gasteiger partial charge in [-0.1, -0.05) is 36.4 Å². The van der Waals surface area contributed by atoms with Crippen molar-refractivity contribution in [1.82, 2.24) is 4.98 Å². The third-order valence-corrected chi connectivity index (χ3v) is 4.49. The molecule has 1 amide bonds. The average Bonchev–Trinajstić information content (AvgIpc) is 3.06. The van der Waals surface area contributed by atoms with E-state index in [0.29, 0.717) is 17.7 Å². The number of hydrogen-bond donors (Lipinski definition) is 3. The third-order valence-electron chi connectivity index (χ3n) is 4.49. The maximum Gasteiger partial charge on any atom is 0.330 e. The Hall–Kier alpha value is -3.67. The lowest BCUT2D eigenvalue weighted by atomic mass is 10.0. The monoisotopic (exact) mass is 359 g/mol. The van der Waals surface area contributed by atoms with Crippen molar-refractivity contribution in [3.63, 3.8) is 0 Å². The van der Waals surface area contributed by atoms with E-state index in [9.17, 15) is 14.7 Å². The van der Waals surface area contributed by atoms with Crippen LogP contribution in [0.15, 0.2) is 67.0 Å². The summed E-state index contributed by atoms with van der Waals surface area (Å²) < 4.78 is 0. The summed E-state index contributed by atoms with van der Waals surface area (Å²) in [5, 5.41) is 15.4. The Morgan fingerprint density at radius 3 is 2.67 bits per heavy atom. The lowest BCUT2D eigenvalue weighted by Gasteiger charge is -2.16. The smallest absolute Gasteiger partial charge is 0.330 e. The molecule has 134 valence electrons. The van der Waals surface area contributed by atoms with Crippen LogP contribution in [-0.2, 0) is 16.0 Å². The first-order valence-corrected chi connectivity index (χ1v) is 8.52. The fourth-order valence-corrected chi connectivity index (χ4v) is 3.19. The summed E-state index contributed by atoms with van der Waals surface area (Å²) >= 11 is 0. The molecule has 0 saturated carbocycles. The molecule has 1 aromatic heterocycles. The highest BCUT2D eigenvalue weighted by molar-refractivity contribution is 5.99. The van der Waals surface area contributed by atoms with Gasteiger partial charge in [0.05, 0.1) is 18.3 Å². The molecule has 1 aliphatic heterocycles. The summed E-state index contributed by atoms with van der Waals surface area (Å²) in [4.78, 5) is 27.5. The van der Waals surface area contributed by atoms with E-state index < -0.39 is 12.0 Å². The Labute approximate surface area is 155 Å². The van der Waals surface area contributed by atoms with Gasteiger partial charge in [-0.3, -0.25) is 9.78 Å². The standard InChI is InChI=1S/C21H17N3O3/c25-19-10-15-8-14(6-7-18(15)24-19)16-9-17(12-22-11-16)23-20(21(26)27)13-4-2-1-3-5-13/h1-9,11-12,20,23H,10H2,(H,24,25)(H,26,27)/t20-/m1/s1. The first kappa shape index (κ1) is 16.8. The van der Waals surface area contributed by atoms with E-state index >= 15 is 0 Å². The quantitative estimate of drug-likeness (QED) is 0.649. The molecule has 4 rings (SSSR count). The third kappa shape index (κ3) is 3.50. The number of aromatic nitrogens is 1. The van der Waals surface area contributed by atoms with Crippen LogP contribution in [0.5, 0.6) is 0 Å². The van der Waals surface area contributed by atoms with Crippen molar-refractivity contribution in [1.29, 1.82) is 0 Å². The summed E-state index contributed by atoms with van der Waals surface area (Å²) in [6.45, 7) is 0. The van der Waals surface area contributed by atoms with Crippen LogP contribution < -0.4 is 10.6 Å². The number of nitrogens with zero attached hydrogens (tertiary/aromatic N) is 1. The van der Waals surface area contributed by atoms with Crippen LogP contribution >= 0.6 is 0 Å². The predicted molar refractivity (Wildman–Crippen MR) is 102 cm³/mol. The van der Waals surface area contributed by atoms with Crippen LogP contribution in [0.25, 0.3) is 11.1 Å². The van der Waals surface area contributed by atoms with E-state index in [4.69, 9.17) is 0 Å². The molecule has 1 atom stereocenters. The van der Waals surface area contributed by atoms with Gasteiger partial charge in [0, 0.05) is 17.4 Å². The molecule has 0 bridgehead atoms. The highest BCUT2D eigenvalue weighted by atomic mass is 16.4. The maximum absolute atomic E-state index is 11.7. The Morgan fingerprint density at radius 1 is 1.07 bits per heavy atom. The Balaban J connectivity index is 1.62. The molecular formula is C21H17N3O3. The van der Waals surface area contributed by atoms with E-state index in [-0.39, 0.29) is 5.91 Å². The highest BCUT2D eigenvalue weighted by Crippen LogP contribution is 2.30. The van der Waals surface area contributed by atoms with Gasteiger partial charge in [0.2, 0.25) is 5.91 Å². The molecule has 2 aromatic carbocycles. The molecule has 3 aromatic rings. The van der Waals surface area contributed by atoms with Gasteiger partial charge in [-0.15, -0.1) is 0 Å². The second-order valence-corrected chi connectivity index (χ2v) is 6.39. The number of hydrogen-bond acceptors (Lipinski definition) is 4. The molecule has 6 nitrogen and oxygen atoms in total. The molecule has 0 aliphatic carbocycles. The number of fused-ring (bicyclic) bond motifs is 1. The van der Waals surface area contributed by atoms with Gasteiger partial charge in [-0.25, -0.2) is 4.79 Å². The topological polar surface area (TPSA) is 91.3 Å². The minimum Gasteiger partial charge on any atom is -0.479 e. The number of carboxylic acids is 1. The largest absolute Gasteiger partial charge is 0.479 e. The lowest BCUT2D eigenvalue weighted by molar-refractivity contribution is -0.138. The minimum absolute atomic E-state index is 0.0112. The van der Waals surface area contributed by atoms with Crippen molar-refractivity contribution in [3.8, 4) is 11.1 Å². The summed E-state index contributed by atoms with van der Waals surface area (Å²) in [7, 11) is 0. The second kappa shape index (κ2) is 6.92. The Morgan fingerprint density at radius 2 is 1.89 bits per heavy atom. The first-order valence-electron chi connectivity index (χ1n) is 8.52. The zero-order valence-electron chi connectivity index (χ0n) is 14.3. The SMILES string of the molecule is O=C1Cc2cc(-c3cncc(N[C@@H](C(=O)O)c4ccccc4)c3)ccc2N1. The molecule has 0 spiro atoms. The number of nitrogens with one attached hydrogen (secondary N) is 2. The van der Waals surface area contributed by atoms with Crippen LogP contribution in [0.3, 0.4) is 0 Å². The van der Waals surface area contributed by atoms with E-state index in [1.54, 1.807) is 24.5 Å². The van der Waals surface area contributed by atoms with Crippen LogP contribution in [0.2, 0.25) is 0 Å². The normalized spacial score (nSPS) is 13.6. The summed E-state index contributed by atoms with van der Waals surface area (Å²) in [6, 6.07) is 15.7. The fourth-order valence-electron chi connectivity index (χ4n) is 3.19. The van der Waals surface area contributed by atoms with Crippen molar-refractivity contribution >= 4 is 23.3 Å².